The number of aliphatic hydroxyl groups is 1. The van der Waals surface area contributed by atoms with Crippen LogP contribution in [0.15, 0.2) is 24.5 Å². The number of hydrogen-bond donors (Lipinski definition) is 3. The van der Waals surface area contributed by atoms with E-state index < -0.39 is 6.10 Å². The molecule has 0 aromatic carbocycles. The second-order valence-electron chi connectivity index (χ2n) is 7.31. The Morgan fingerprint density at radius 2 is 2.12 bits per heavy atom. The van der Waals surface area contributed by atoms with Crippen molar-refractivity contribution in [3.63, 3.8) is 0 Å². The van der Waals surface area contributed by atoms with Crippen LogP contribution in [-0.4, -0.2) is 50.2 Å². The lowest BCUT2D eigenvalue weighted by molar-refractivity contribution is 0.0836. The zero-order valence-electron chi connectivity index (χ0n) is 14.8. The van der Waals surface area contributed by atoms with Gasteiger partial charge >= 0.3 is 0 Å². The van der Waals surface area contributed by atoms with Gasteiger partial charge in [-0.05, 0) is 37.7 Å². The maximum atomic E-state index is 10.5. The monoisotopic (exact) mass is 358 g/mol. The molecule has 1 saturated carbocycles. The molecule has 2 fully saturated rings. The van der Waals surface area contributed by atoms with Crippen LogP contribution in [0, 0.1) is 5.92 Å². The molecule has 1 aliphatic carbocycles. The van der Waals surface area contributed by atoms with Crippen molar-refractivity contribution in [1.82, 2.24) is 19.7 Å². The Hall–Kier alpha value is -2.19. The van der Waals surface area contributed by atoms with Crippen LogP contribution in [0.3, 0.4) is 0 Å². The summed E-state index contributed by atoms with van der Waals surface area (Å²) < 4.78 is 7.34. The number of hydrogen-bond acceptors (Lipinski definition) is 7. The Labute approximate surface area is 152 Å². The van der Waals surface area contributed by atoms with Crippen molar-refractivity contribution < 1.29 is 9.84 Å². The summed E-state index contributed by atoms with van der Waals surface area (Å²) in [5, 5.41) is 18.1. The average molecular weight is 358 g/mol. The lowest BCUT2D eigenvalue weighted by atomic mass is 9.99. The van der Waals surface area contributed by atoms with Gasteiger partial charge in [-0.25, -0.2) is 9.97 Å². The molecular formula is C18H26N6O2. The highest BCUT2D eigenvalue weighted by Crippen LogP contribution is 2.31. The summed E-state index contributed by atoms with van der Waals surface area (Å²) in [5.74, 6) is 2.61. The first kappa shape index (κ1) is 17.2. The van der Waals surface area contributed by atoms with Gasteiger partial charge in [0.2, 0.25) is 0 Å². The van der Waals surface area contributed by atoms with Crippen molar-refractivity contribution in [3.8, 4) is 0 Å². The van der Waals surface area contributed by atoms with Crippen molar-refractivity contribution in [2.45, 2.75) is 50.3 Å². The minimum absolute atomic E-state index is 0.0348. The zero-order chi connectivity index (χ0) is 17.9. The molecule has 8 nitrogen and oxygen atoms in total. The van der Waals surface area contributed by atoms with Crippen LogP contribution in [0.25, 0.3) is 0 Å². The van der Waals surface area contributed by atoms with E-state index >= 15 is 0 Å². The van der Waals surface area contributed by atoms with E-state index in [0.717, 1.165) is 51.3 Å². The van der Waals surface area contributed by atoms with Gasteiger partial charge in [0.1, 0.15) is 17.5 Å². The van der Waals surface area contributed by atoms with Crippen LogP contribution < -0.4 is 11.1 Å². The van der Waals surface area contributed by atoms with Crippen LogP contribution in [0.1, 0.15) is 37.4 Å². The molecule has 0 bridgehead atoms. The number of nitrogen functional groups attached to an aromatic ring is 1. The van der Waals surface area contributed by atoms with E-state index in [1.54, 1.807) is 12.3 Å². The van der Waals surface area contributed by atoms with E-state index in [4.69, 9.17) is 10.5 Å². The molecule has 3 atom stereocenters. The van der Waals surface area contributed by atoms with E-state index in [2.05, 4.69) is 20.4 Å². The van der Waals surface area contributed by atoms with Gasteiger partial charge in [-0.3, -0.25) is 4.68 Å². The molecule has 2 aromatic rings. The van der Waals surface area contributed by atoms with Crippen molar-refractivity contribution in [2.75, 3.05) is 24.3 Å². The van der Waals surface area contributed by atoms with Gasteiger partial charge in [-0.15, -0.1) is 0 Å². The SMILES string of the molecule is Nc1cc(N[C@@H]2CC(Cn3cccn3)C[C@H]2O)nc(C2CCOCC2)n1. The molecule has 4 rings (SSSR count). The first-order valence-electron chi connectivity index (χ1n) is 9.31. The molecule has 140 valence electrons. The number of nitrogens with zero attached hydrogens (tertiary/aromatic N) is 4. The summed E-state index contributed by atoms with van der Waals surface area (Å²) in [7, 11) is 0. The summed E-state index contributed by atoms with van der Waals surface area (Å²) in [5.41, 5.74) is 6.00. The van der Waals surface area contributed by atoms with Crippen LogP contribution in [0.2, 0.25) is 0 Å². The van der Waals surface area contributed by atoms with Gasteiger partial charge in [0.05, 0.1) is 12.1 Å². The van der Waals surface area contributed by atoms with Gasteiger partial charge in [0.25, 0.3) is 0 Å². The standard InChI is InChI=1S/C18H26N6O2/c19-16-10-17(23-18(22-16)13-2-6-26-7-3-13)21-14-8-12(9-15(14)25)11-24-5-1-4-20-24/h1,4-5,10,12-15,25H,2-3,6-9,11H2,(H3,19,21,22,23)/t12?,14-,15-/m1/s1. The molecule has 4 N–H and O–H groups in total. The van der Waals surface area contributed by atoms with Crippen LogP contribution in [-0.2, 0) is 11.3 Å². The van der Waals surface area contributed by atoms with Gasteiger partial charge in [0, 0.05) is 44.1 Å². The molecule has 1 saturated heterocycles. The van der Waals surface area contributed by atoms with Crippen LogP contribution in [0.4, 0.5) is 11.6 Å². The summed E-state index contributed by atoms with van der Waals surface area (Å²) in [4.78, 5) is 9.08. The summed E-state index contributed by atoms with van der Waals surface area (Å²) in [6, 6.07) is 3.63. The van der Waals surface area contributed by atoms with Crippen LogP contribution >= 0.6 is 0 Å². The lowest BCUT2D eigenvalue weighted by Gasteiger charge is -2.22. The molecule has 26 heavy (non-hydrogen) atoms. The fraction of sp³-hybridized carbons (Fsp3) is 0.611. The van der Waals surface area contributed by atoms with Crippen molar-refractivity contribution in [3.05, 3.63) is 30.4 Å². The molecule has 1 aliphatic heterocycles. The minimum Gasteiger partial charge on any atom is -0.391 e. The van der Waals surface area contributed by atoms with E-state index in [0.29, 0.717) is 17.6 Å². The fourth-order valence-corrected chi connectivity index (χ4v) is 3.98. The Morgan fingerprint density at radius 1 is 1.27 bits per heavy atom. The lowest BCUT2D eigenvalue weighted by Crippen LogP contribution is -2.29. The molecule has 8 heteroatoms. The average Bonchev–Trinajstić information content (AvgIpc) is 3.26. The topological polar surface area (TPSA) is 111 Å². The number of aliphatic hydroxyl groups excluding tert-OH is 1. The Kier molecular flexibility index (Phi) is 5.03. The number of nitrogens with one attached hydrogen (secondary N) is 1. The van der Waals surface area contributed by atoms with Gasteiger partial charge in [0.15, 0.2) is 0 Å². The summed E-state index contributed by atoms with van der Waals surface area (Å²) in [6.45, 7) is 2.30. The molecule has 2 aromatic heterocycles. The Morgan fingerprint density at radius 3 is 2.88 bits per heavy atom. The minimum atomic E-state index is -0.404. The second kappa shape index (κ2) is 7.59. The molecule has 1 unspecified atom stereocenters. The summed E-state index contributed by atoms with van der Waals surface area (Å²) in [6.07, 6.45) is 6.80. The Balaban J connectivity index is 1.42. The smallest absolute Gasteiger partial charge is 0.136 e. The van der Waals surface area contributed by atoms with Crippen LogP contribution in [0.5, 0.6) is 0 Å². The highest BCUT2D eigenvalue weighted by molar-refractivity contribution is 5.46. The van der Waals surface area contributed by atoms with E-state index in [-0.39, 0.29) is 12.0 Å². The number of ether oxygens (including phenoxy) is 1. The van der Waals surface area contributed by atoms with Crippen molar-refractivity contribution >= 4 is 11.6 Å². The third-order valence-electron chi connectivity index (χ3n) is 5.31. The predicted octanol–water partition coefficient (Wildman–Crippen LogP) is 1.40. The number of nitrogens with two attached hydrogens (primary N) is 1. The van der Waals surface area contributed by atoms with E-state index in [9.17, 15) is 5.11 Å². The summed E-state index contributed by atoms with van der Waals surface area (Å²) >= 11 is 0. The first-order valence-corrected chi connectivity index (χ1v) is 9.31. The third-order valence-corrected chi connectivity index (χ3v) is 5.31. The highest BCUT2D eigenvalue weighted by atomic mass is 16.5. The van der Waals surface area contributed by atoms with Gasteiger partial charge in [-0.1, -0.05) is 0 Å². The second-order valence-corrected chi connectivity index (χ2v) is 7.31. The molecular weight excluding hydrogens is 332 g/mol. The number of aromatic nitrogens is 4. The molecule has 0 spiro atoms. The van der Waals surface area contributed by atoms with Crippen molar-refractivity contribution in [2.24, 2.45) is 5.92 Å². The quantitative estimate of drug-likeness (QED) is 0.741. The Bertz CT molecular complexity index is 716. The van der Waals surface area contributed by atoms with Gasteiger partial charge < -0.3 is 20.9 Å². The normalized spacial score (nSPS) is 26.9. The maximum absolute atomic E-state index is 10.5. The predicted molar refractivity (Wildman–Crippen MR) is 97.6 cm³/mol. The number of rotatable bonds is 5. The molecule has 0 radical (unpaired) electrons. The first-order chi connectivity index (χ1) is 12.7. The molecule has 2 aliphatic rings. The highest BCUT2D eigenvalue weighted by Gasteiger charge is 2.33. The van der Waals surface area contributed by atoms with Crippen molar-refractivity contribution in [1.29, 1.82) is 0 Å². The molecule has 0 amide bonds. The van der Waals surface area contributed by atoms with Gasteiger partial charge in [-0.2, -0.15) is 5.10 Å². The largest absolute Gasteiger partial charge is 0.391 e. The fourth-order valence-electron chi connectivity index (χ4n) is 3.98. The third kappa shape index (κ3) is 3.96. The maximum Gasteiger partial charge on any atom is 0.136 e. The van der Waals surface area contributed by atoms with E-state index in [1.807, 2.05) is 16.9 Å². The number of anilines is 2. The van der Waals surface area contributed by atoms with E-state index in [1.165, 1.54) is 0 Å². The zero-order valence-corrected chi connectivity index (χ0v) is 14.8. The molecule has 3 heterocycles.